The number of carbonyl (C=O) groups excluding carboxylic acids is 4. The van der Waals surface area contributed by atoms with Crippen molar-refractivity contribution in [1.29, 1.82) is 0 Å². The Morgan fingerprint density at radius 2 is 1.70 bits per heavy atom. The number of aromatic nitrogens is 2. The average molecular weight is 655 g/mol. The molecule has 0 unspecified atom stereocenters. The number of hydrogen-bond donors (Lipinski definition) is 4. The van der Waals surface area contributed by atoms with E-state index in [1.54, 1.807) is 48.7 Å². The summed E-state index contributed by atoms with van der Waals surface area (Å²) in [6, 6.07) is 4.12. The summed E-state index contributed by atoms with van der Waals surface area (Å²) < 4.78 is 17.3. The first kappa shape index (κ1) is 36.0. The molecular weight excluding hydrogens is 603 g/mol. The lowest BCUT2D eigenvalue weighted by Gasteiger charge is -2.41. The Bertz CT molecular complexity index is 1440. The molecule has 11 nitrogen and oxygen atoms in total. The van der Waals surface area contributed by atoms with E-state index >= 15 is 4.39 Å². The van der Waals surface area contributed by atoms with Gasteiger partial charge in [-0.05, 0) is 74.6 Å². The van der Waals surface area contributed by atoms with Crippen LogP contribution in [0.3, 0.4) is 0 Å². The first-order chi connectivity index (χ1) is 22.2. The van der Waals surface area contributed by atoms with Crippen molar-refractivity contribution in [3.63, 3.8) is 0 Å². The van der Waals surface area contributed by atoms with Gasteiger partial charge in [0.15, 0.2) is 0 Å². The molecule has 1 saturated heterocycles. The summed E-state index contributed by atoms with van der Waals surface area (Å²) in [6.07, 6.45) is 5.85. The van der Waals surface area contributed by atoms with E-state index < -0.39 is 46.6 Å². The molecule has 3 atom stereocenters. The number of carbonyl (C=O) groups is 4. The largest absolute Gasteiger partial charge is 0.390 e. The minimum Gasteiger partial charge on any atom is -0.390 e. The monoisotopic (exact) mass is 654 g/mol. The predicted molar refractivity (Wildman–Crippen MR) is 177 cm³/mol. The number of aryl methyl sites for hydroxylation is 1. The molecule has 1 aliphatic carbocycles. The first-order valence-electron chi connectivity index (χ1n) is 16.9. The third kappa shape index (κ3) is 8.57. The van der Waals surface area contributed by atoms with Gasteiger partial charge in [-0.2, -0.15) is 5.10 Å². The summed E-state index contributed by atoms with van der Waals surface area (Å²) in [4.78, 5) is 54.9. The number of benzene rings is 1. The molecule has 4 amide bonds. The van der Waals surface area contributed by atoms with Crippen LogP contribution in [0.2, 0.25) is 0 Å². The van der Waals surface area contributed by atoms with E-state index in [2.05, 4.69) is 28.0 Å². The van der Waals surface area contributed by atoms with Gasteiger partial charge in [-0.15, -0.1) is 0 Å². The molecule has 2 aliphatic rings. The van der Waals surface area contributed by atoms with Crippen LogP contribution >= 0.6 is 0 Å². The maximum absolute atomic E-state index is 15.7. The van der Waals surface area contributed by atoms with Crippen molar-refractivity contribution in [2.45, 2.75) is 117 Å². The Balaban J connectivity index is 1.55. The summed E-state index contributed by atoms with van der Waals surface area (Å²) in [5.41, 5.74) is -0.612. The minimum atomic E-state index is -0.935. The van der Waals surface area contributed by atoms with Crippen LogP contribution in [0, 0.1) is 17.2 Å². The topological polar surface area (TPSA) is 146 Å². The number of amides is 4. The number of nitrogens with zero attached hydrogens (tertiary/aromatic N) is 3. The van der Waals surface area contributed by atoms with Gasteiger partial charge >= 0.3 is 0 Å². The Kier molecular flexibility index (Phi) is 11.5. The third-order valence-corrected chi connectivity index (χ3v) is 10.2. The number of likely N-dealkylation sites (tertiary alicyclic amines) is 1. The Morgan fingerprint density at radius 3 is 2.30 bits per heavy atom. The quantitative estimate of drug-likeness (QED) is 0.283. The molecule has 2 fully saturated rings. The van der Waals surface area contributed by atoms with Gasteiger partial charge in [0, 0.05) is 38.2 Å². The first-order valence-corrected chi connectivity index (χ1v) is 16.9. The van der Waals surface area contributed by atoms with Gasteiger partial charge in [0.25, 0.3) is 5.91 Å². The van der Waals surface area contributed by atoms with Crippen molar-refractivity contribution in [3.8, 4) is 0 Å². The molecule has 0 radical (unpaired) electrons. The van der Waals surface area contributed by atoms with Crippen LogP contribution in [0.5, 0.6) is 0 Å². The van der Waals surface area contributed by atoms with E-state index in [9.17, 15) is 24.3 Å². The van der Waals surface area contributed by atoms with Crippen LogP contribution in [-0.4, -0.2) is 74.2 Å². The highest BCUT2D eigenvalue weighted by Gasteiger charge is 2.43. The van der Waals surface area contributed by atoms with Crippen LogP contribution in [0.15, 0.2) is 30.5 Å². The van der Waals surface area contributed by atoms with Gasteiger partial charge < -0.3 is 26.0 Å². The number of aliphatic hydroxyl groups is 1. The molecule has 12 heteroatoms. The normalized spacial score (nSPS) is 22.9. The SMILES string of the molecule is CCC(=O)N[C@@H](C(=O)N1CCC(C)(O)CC1)[C@@H](C)c1ccc(NC(=O)[C@@H](NC(=O)c2ccnn2CC)C2(C)CCC(C)CC2)c(F)c1. The molecule has 47 heavy (non-hydrogen) atoms. The number of nitrogens with one attached hydrogen (secondary N) is 3. The van der Waals surface area contributed by atoms with Crippen molar-refractivity contribution >= 4 is 29.3 Å². The third-order valence-electron chi connectivity index (χ3n) is 10.2. The highest BCUT2D eigenvalue weighted by atomic mass is 19.1. The Labute approximate surface area is 277 Å². The molecule has 258 valence electrons. The zero-order valence-corrected chi connectivity index (χ0v) is 28.6. The van der Waals surface area contributed by atoms with Crippen LogP contribution in [-0.2, 0) is 20.9 Å². The van der Waals surface area contributed by atoms with Crippen LogP contribution in [0.4, 0.5) is 10.1 Å². The molecule has 2 aromatic rings. The highest BCUT2D eigenvalue weighted by Crippen LogP contribution is 2.42. The van der Waals surface area contributed by atoms with E-state index in [1.807, 2.05) is 13.8 Å². The van der Waals surface area contributed by atoms with E-state index in [4.69, 9.17) is 0 Å². The van der Waals surface area contributed by atoms with Gasteiger partial charge in [0.05, 0.1) is 11.3 Å². The smallest absolute Gasteiger partial charge is 0.270 e. The van der Waals surface area contributed by atoms with Crippen molar-refractivity contribution in [1.82, 2.24) is 25.3 Å². The number of anilines is 1. The lowest BCUT2D eigenvalue weighted by atomic mass is 9.67. The molecule has 1 aromatic heterocycles. The van der Waals surface area contributed by atoms with E-state index in [-0.39, 0.29) is 23.9 Å². The average Bonchev–Trinajstić information content (AvgIpc) is 3.53. The summed E-state index contributed by atoms with van der Waals surface area (Å²) in [6.45, 7) is 12.4. The highest BCUT2D eigenvalue weighted by molar-refractivity contribution is 6.01. The zero-order chi connectivity index (χ0) is 34.5. The number of hydrogen-bond acceptors (Lipinski definition) is 6. The summed E-state index contributed by atoms with van der Waals surface area (Å²) in [5.74, 6) is -2.29. The molecule has 4 rings (SSSR count). The lowest BCUT2D eigenvalue weighted by molar-refractivity contribution is -0.140. The fourth-order valence-electron chi connectivity index (χ4n) is 6.64. The summed E-state index contributed by atoms with van der Waals surface area (Å²) >= 11 is 0. The molecular formula is C35H51FN6O5. The van der Waals surface area contributed by atoms with Gasteiger partial charge in [-0.1, -0.05) is 46.6 Å². The number of rotatable bonds is 11. The van der Waals surface area contributed by atoms with Crippen LogP contribution in [0.1, 0.15) is 108 Å². The van der Waals surface area contributed by atoms with Crippen molar-refractivity contribution < 1.29 is 28.7 Å². The molecule has 1 aliphatic heterocycles. The standard InChI is InChI=1S/C35H51FN6O5/c1-7-28(43)39-29(33(46)41-19-16-35(6,47)17-20-41)23(4)24-9-10-26(25(36)21-24)38-32(45)30(34(5)14-11-22(3)12-15-34)40-31(44)27-13-18-37-42(27)8-2/h9-10,13,18,21-23,29-30,47H,7-8,11-12,14-17,19-20H2,1-6H3,(H,38,45)(H,39,43)(H,40,44)/t22?,23-,29+,30+,34?/m0/s1. The maximum atomic E-state index is 15.7. The van der Waals surface area contributed by atoms with E-state index in [0.29, 0.717) is 49.7 Å². The van der Waals surface area contributed by atoms with E-state index in [1.165, 1.54) is 12.1 Å². The molecule has 2 heterocycles. The fraction of sp³-hybridized carbons (Fsp3) is 0.629. The molecule has 4 N–H and O–H groups in total. The molecule has 0 spiro atoms. The lowest BCUT2D eigenvalue weighted by Crippen LogP contribution is -2.55. The van der Waals surface area contributed by atoms with Crippen molar-refractivity contribution in [3.05, 3.63) is 47.5 Å². The van der Waals surface area contributed by atoms with Crippen molar-refractivity contribution in [2.75, 3.05) is 18.4 Å². The zero-order valence-electron chi connectivity index (χ0n) is 28.6. The Morgan fingerprint density at radius 1 is 1.04 bits per heavy atom. The fourth-order valence-corrected chi connectivity index (χ4v) is 6.64. The molecule has 1 saturated carbocycles. The van der Waals surface area contributed by atoms with Crippen LogP contribution in [0.25, 0.3) is 0 Å². The van der Waals surface area contributed by atoms with E-state index in [0.717, 1.165) is 25.7 Å². The van der Waals surface area contributed by atoms with Gasteiger partial charge in [0.2, 0.25) is 17.7 Å². The maximum Gasteiger partial charge on any atom is 0.270 e. The van der Waals surface area contributed by atoms with Gasteiger partial charge in [-0.3, -0.25) is 23.9 Å². The second-order valence-corrected chi connectivity index (χ2v) is 14.0. The molecule has 1 aromatic carbocycles. The Hall–Kier alpha value is -3.80. The van der Waals surface area contributed by atoms with Crippen molar-refractivity contribution in [2.24, 2.45) is 11.3 Å². The van der Waals surface area contributed by atoms with Gasteiger partial charge in [-0.25, -0.2) is 4.39 Å². The van der Waals surface area contributed by atoms with Gasteiger partial charge in [0.1, 0.15) is 23.6 Å². The minimum absolute atomic E-state index is 0.0460. The summed E-state index contributed by atoms with van der Waals surface area (Å²) in [7, 11) is 0. The number of piperidine rings is 1. The second kappa shape index (κ2) is 15.0. The summed E-state index contributed by atoms with van der Waals surface area (Å²) in [5, 5.41) is 23.0. The second-order valence-electron chi connectivity index (χ2n) is 14.0. The number of halogens is 1. The molecule has 0 bridgehead atoms. The predicted octanol–water partition coefficient (Wildman–Crippen LogP) is 4.37. The van der Waals surface area contributed by atoms with Crippen LogP contribution < -0.4 is 16.0 Å².